The summed E-state index contributed by atoms with van der Waals surface area (Å²) in [6.45, 7) is 0.736. The van der Waals surface area contributed by atoms with Crippen LogP contribution in [0.15, 0.2) is 18.2 Å². The molecule has 0 aromatic heterocycles. The highest BCUT2D eigenvalue weighted by Crippen LogP contribution is 2.57. The molecular formula is C23H30ClN3O3. The first-order valence-corrected chi connectivity index (χ1v) is 11.5. The topological polar surface area (TPSA) is 95.7 Å². The highest BCUT2D eigenvalue weighted by atomic mass is 35.5. The van der Waals surface area contributed by atoms with Gasteiger partial charge >= 0.3 is 0 Å². The van der Waals surface area contributed by atoms with Gasteiger partial charge in [0, 0.05) is 29.2 Å². The van der Waals surface area contributed by atoms with E-state index in [2.05, 4.69) is 10.2 Å². The summed E-state index contributed by atoms with van der Waals surface area (Å²) in [4.78, 5) is 26.9. The third-order valence-electron chi connectivity index (χ3n) is 7.89. The SMILES string of the molecule is NCC(=O)Nc1ccc(CC2CCN(C3C4CC5CC3CC(O)(C5)C4)C2=O)c(Cl)c1. The molecule has 2 amide bonds. The number of rotatable bonds is 5. The second-order valence-electron chi connectivity index (χ2n) is 9.96. The molecule has 1 saturated heterocycles. The van der Waals surface area contributed by atoms with E-state index in [-0.39, 0.29) is 24.3 Å². The standard InChI is InChI=1S/C23H30ClN3O3/c24-19-8-18(26-20(28)12-25)2-1-14(19)7-15-3-4-27(22(15)29)21-16-5-13-6-17(21)11-23(30,9-13)10-16/h1-2,8,13,15-17,21,30H,3-7,9-12,25H2,(H,26,28). The second kappa shape index (κ2) is 7.50. The van der Waals surface area contributed by atoms with Crippen LogP contribution in [0.1, 0.15) is 44.1 Å². The van der Waals surface area contributed by atoms with Crippen LogP contribution >= 0.6 is 11.6 Å². The van der Waals surface area contributed by atoms with Crippen LogP contribution in [0, 0.1) is 23.7 Å². The number of hydrogen-bond donors (Lipinski definition) is 3. The van der Waals surface area contributed by atoms with Gasteiger partial charge in [0.1, 0.15) is 0 Å². The van der Waals surface area contributed by atoms with E-state index in [9.17, 15) is 14.7 Å². The van der Waals surface area contributed by atoms with Crippen molar-refractivity contribution < 1.29 is 14.7 Å². The van der Waals surface area contributed by atoms with Crippen molar-refractivity contribution in [3.8, 4) is 0 Å². The lowest BCUT2D eigenvalue weighted by atomic mass is 9.52. The summed E-state index contributed by atoms with van der Waals surface area (Å²) in [5, 5.41) is 14.1. The summed E-state index contributed by atoms with van der Waals surface area (Å²) in [5.41, 5.74) is 6.42. The normalized spacial score (nSPS) is 37.1. The van der Waals surface area contributed by atoms with Crippen molar-refractivity contribution in [2.75, 3.05) is 18.4 Å². The summed E-state index contributed by atoms with van der Waals surface area (Å²) in [6, 6.07) is 5.73. The molecule has 1 heterocycles. The van der Waals surface area contributed by atoms with Gasteiger partial charge in [0.25, 0.3) is 0 Å². The quantitative estimate of drug-likeness (QED) is 0.667. The average Bonchev–Trinajstić information content (AvgIpc) is 3.02. The third kappa shape index (κ3) is 3.53. The van der Waals surface area contributed by atoms with Crippen LogP contribution in [0.25, 0.3) is 0 Å². The van der Waals surface area contributed by atoms with Gasteiger partial charge in [-0.15, -0.1) is 0 Å². The first-order valence-electron chi connectivity index (χ1n) is 11.2. The van der Waals surface area contributed by atoms with Crippen molar-refractivity contribution in [3.63, 3.8) is 0 Å². The molecule has 1 aromatic rings. The molecular weight excluding hydrogens is 402 g/mol. The molecule has 5 fully saturated rings. The summed E-state index contributed by atoms with van der Waals surface area (Å²) < 4.78 is 0. The van der Waals surface area contributed by atoms with Gasteiger partial charge in [0.15, 0.2) is 0 Å². The molecule has 5 aliphatic rings. The number of nitrogens with two attached hydrogens (primary N) is 1. The van der Waals surface area contributed by atoms with Gasteiger partial charge < -0.3 is 21.1 Å². The maximum absolute atomic E-state index is 13.3. The van der Waals surface area contributed by atoms with Crippen molar-refractivity contribution in [2.45, 2.75) is 56.6 Å². The summed E-state index contributed by atoms with van der Waals surface area (Å²) >= 11 is 6.45. The van der Waals surface area contributed by atoms with Gasteiger partial charge in [-0.2, -0.15) is 0 Å². The molecule has 1 aromatic carbocycles. The molecule has 6 nitrogen and oxygen atoms in total. The lowest BCUT2D eigenvalue weighted by Gasteiger charge is -2.59. The van der Waals surface area contributed by atoms with Crippen LogP contribution in [0.5, 0.6) is 0 Å². The van der Waals surface area contributed by atoms with Crippen LogP contribution < -0.4 is 11.1 Å². The van der Waals surface area contributed by atoms with E-state index in [1.807, 2.05) is 12.1 Å². The minimum absolute atomic E-state index is 0.0488. The molecule has 30 heavy (non-hydrogen) atoms. The molecule has 7 heteroatoms. The maximum atomic E-state index is 13.3. The zero-order valence-corrected chi connectivity index (χ0v) is 17.9. The zero-order chi connectivity index (χ0) is 21.0. The largest absolute Gasteiger partial charge is 0.390 e. The van der Waals surface area contributed by atoms with Gasteiger partial charge in [0.05, 0.1) is 12.1 Å². The number of anilines is 1. The predicted octanol–water partition coefficient (Wildman–Crippen LogP) is 2.57. The van der Waals surface area contributed by atoms with Crippen molar-refractivity contribution in [3.05, 3.63) is 28.8 Å². The fraction of sp³-hybridized carbons (Fsp3) is 0.652. The first kappa shape index (κ1) is 20.3. The summed E-state index contributed by atoms with van der Waals surface area (Å²) in [5.74, 6) is 1.49. The van der Waals surface area contributed by atoms with Crippen LogP contribution in [-0.2, 0) is 16.0 Å². The predicted molar refractivity (Wildman–Crippen MR) is 115 cm³/mol. The van der Waals surface area contributed by atoms with Gasteiger partial charge in [-0.3, -0.25) is 9.59 Å². The second-order valence-corrected chi connectivity index (χ2v) is 10.4. The average molecular weight is 432 g/mol. The number of amides is 2. The van der Waals surface area contributed by atoms with Crippen molar-refractivity contribution in [2.24, 2.45) is 29.4 Å². The van der Waals surface area contributed by atoms with E-state index in [1.54, 1.807) is 6.07 Å². The minimum Gasteiger partial charge on any atom is -0.390 e. The van der Waals surface area contributed by atoms with Crippen molar-refractivity contribution in [1.29, 1.82) is 0 Å². The number of carbonyl (C=O) groups is 2. The summed E-state index contributed by atoms with van der Waals surface area (Å²) in [6.07, 6.45) is 6.49. The van der Waals surface area contributed by atoms with Crippen LogP contribution in [-0.4, -0.2) is 46.6 Å². The highest BCUT2D eigenvalue weighted by Gasteiger charge is 2.57. The molecule has 3 atom stereocenters. The van der Waals surface area contributed by atoms with Crippen LogP contribution in [0.3, 0.4) is 0 Å². The first-order chi connectivity index (χ1) is 14.3. The number of hydrogen-bond acceptors (Lipinski definition) is 4. The molecule has 0 spiro atoms. The monoisotopic (exact) mass is 431 g/mol. The van der Waals surface area contributed by atoms with E-state index in [0.29, 0.717) is 40.9 Å². The Morgan fingerprint density at radius 3 is 2.63 bits per heavy atom. The highest BCUT2D eigenvalue weighted by molar-refractivity contribution is 6.31. The number of likely N-dealkylation sites (tertiary alicyclic amines) is 1. The van der Waals surface area contributed by atoms with E-state index < -0.39 is 5.60 Å². The van der Waals surface area contributed by atoms with Gasteiger partial charge in [-0.05, 0) is 80.4 Å². The molecule has 4 saturated carbocycles. The van der Waals surface area contributed by atoms with E-state index >= 15 is 0 Å². The van der Waals surface area contributed by atoms with E-state index in [4.69, 9.17) is 17.3 Å². The number of carbonyl (C=O) groups excluding carboxylic acids is 2. The minimum atomic E-state index is -0.468. The number of nitrogens with zero attached hydrogens (tertiary/aromatic N) is 1. The van der Waals surface area contributed by atoms with Gasteiger partial charge in [-0.25, -0.2) is 0 Å². The Hall–Kier alpha value is -1.63. The molecule has 4 N–H and O–H groups in total. The van der Waals surface area contributed by atoms with Crippen molar-refractivity contribution >= 4 is 29.1 Å². The van der Waals surface area contributed by atoms with Gasteiger partial charge in [-0.1, -0.05) is 17.7 Å². The Balaban J connectivity index is 1.26. The molecule has 4 bridgehead atoms. The smallest absolute Gasteiger partial charge is 0.238 e. The number of aliphatic hydroxyl groups is 1. The lowest BCUT2D eigenvalue weighted by Crippen LogP contribution is -2.62. The molecule has 0 radical (unpaired) electrons. The van der Waals surface area contributed by atoms with Crippen molar-refractivity contribution in [1.82, 2.24) is 4.90 Å². The Bertz CT molecular complexity index is 859. The Kier molecular flexibility index (Phi) is 5.07. The Morgan fingerprint density at radius 2 is 2.00 bits per heavy atom. The Morgan fingerprint density at radius 1 is 1.27 bits per heavy atom. The number of benzene rings is 1. The van der Waals surface area contributed by atoms with Crippen LogP contribution in [0.4, 0.5) is 5.69 Å². The Labute approximate surface area is 182 Å². The fourth-order valence-corrected chi connectivity index (χ4v) is 7.24. The van der Waals surface area contributed by atoms with E-state index in [0.717, 1.165) is 37.8 Å². The maximum Gasteiger partial charge on any atom is 0.238 e. The number of halogens is 1. The molecule has 162 valence electrons. The fourth-order valence-electron chi connectivity index (χ4n) is 6.98. The summed E-state index contributed by atoms with van der Waals surface area (Å²) in [7, 11) is 0. The zero-order valence-electron chi connectivity index (χ0n) is 17.1. The van der Waals surface area contributed by atoms with E-state index in [1.165, 1.54) is 12.8 Å². The molecule has 4 aliphatic carbocycles. The number of nitrogens with one attached hydrogen (secondary N) is 1. The molecule has 6 rings (SSSR count). The molecule has 1 aliphatic heterocycles. The van der Waals surface area contributed by atoms with Crippen LogP contribution in [0.2, 0.25) is 5.02 Å². The van der Waals surface area contributed by atoms with Gasteiger partial charge in [0.2, 0.25) is 11.8 Å². The lowest BCUT2D eigenvalue weighted by molar-refractivity contribution is -0.168. The third-order valence-corrected chi connectivity index (χ3v) is 8.24. The molecule has 3 unspecified atom stereocenters.